The quantitative estimate of drug-likeness (QED) is 0.839. The number of carbonyl (C=O) groups is 1. The van der Waals surface area contributed by atoms with Crippen molar-refractivity contribution in [3.05, 3.63) is 34.9 Å². The van der Waals surface area contributed by atoms with Gasteiger partial charge in [-0.2, -0.15) is 13.2 Å². The number of rotatable bonds is 2. The standard InChI is InChI=1S/C13H14F3NO2/c1-8-6-9(13(14,15)16)2-3-10(8)12(18)11-7-19-5-4-17-11/h2-3,6,11,17H,4-5,7H2,1H3. The fourth-order valence-electron chi connectivity index (χ4n) is 2.04. The molecule has 0 aromatic heterocycles. The van der Waals surface area contributed by atoms with Crippen LogP contribution in [0.5, 0.6) is 0 Å². The lowest BCUT2D eigenvalue weighted by atomic mass is 9.97. The summed E-state index contributed by atoms with van der Waals surface area (Å²) in [5, 5.41) is 2.99. The molecule has 0 radical (unpaired) electrons. The van der Waals surface area contributed by atoms with Gasteiger partial charge < -0.3 is 10.1 Å². The van der Waals surface area contributed by atoms with Crippen LogP contribution in [0.1, 0.15) is 21.5 Å². The van der Waals surface area contributed by atoms with Crippen LogP contribution in [0.15, 0.2) is 18.2 Å². The van der Waals surface area contributed by atoms with Gasteiger partial charge in [0.05, 0.1) is 24.8 Å². The number of ketones is 1. The molecule has 1 aliphatic rings. The molecular weight excluding hydrogens is 259 g/mol. The predicted octanol–water partition coefficient (Wildman–Crippen LogP) is 2.18. The second-order valence-corrected chi connectivity index (χ2v) is 4.47. The smallest absolute Gasteiger partial charge is 0.378 e. The lowest BCUT2D eigenvalue weighted by molar-refractivity contribution is -0.137. The summed E-state index contributed by atoms with van der Waals surface area (Å²) in [6, 6.07) is 2.68. The first kappa shape index (κ1) is 14.0. The van der Waals surface area contributed by atoms with Gasteiger partial charge in [-0.15, -0.1) is 0 Å². The number of morpholine rings is 1. The van der Waals surface area contributed by atoms with E-state index in [1.807, 2.05) is 0 Å². The van der Waals surface area contributed by atoms with Crippen LogP contribution in [0.25, 0.3) is 0 Å². The number of hydrogen-bond donors (Lipinski definition) is 1. The molecule has 0 spiro atoms. The minimum atomic E-state index is -4.39. The molecule has 1 unspecified atom stereocenters. The molecule has 0 aliphatic carbocycles. The van der Waals surface area contributed by atoms with Gasteiger partial charge in [-0.05, 0) is 24.6 Å². The van der Waals surface area contributed by atoms with Crippen LogP contribution in [0.4, 0.5) is 13.2 Å². The van der Waals surface area contributed by atoms with E-state index in [9.17, 15) is 18.0 Å². The summed E-state index contributed by atoms with van der Waals surface area (Å²) in [7, 11) is 0. The number of carbonyl (C=O) groups excluding carboxylic acids is 1. The summed E-state index contributed by atoms with van der Waals surface area (Å²) in [4.78, 5) is 12.2. The molecule has 0 saturated carbocycles. The maximum absolute atomic E-state index is 12.5. The van der Waals surface area contributed by atoms with Gasteiger partial charge in [0.2, 0.25) is 0 Å². The predicted molar refractivity (Wildman–Crippen MR) is 63.1 cm³/mol. The zero-order chi connectivity index (χ0) is 14.0. The van der Waals surface area contributed by atoms with E-state index in [4.69, 9.17) is 4.74 Å². The Kier molecular flexibility index (Phi) is 3.91. The fraction of sp³-hybridized carbons (Fsp3) is 0.462. The van der Waals surface area contributed by atoms with Gasteiger partial charge in [0.25, 0.3) is 0 Å². The van der Waals surface area contributed by atoms with Gasteiger partial charge in [-0.25, -0.2) is 0 Å². The molecule has 1 aliphatic heterocycles. The number of nitrogens with one attached hydrogen (secondary N) is 1. The highest BCUT2D eigenvalue weighted by Gasteiger charge is 2.31. The SMILES string of the molecule is Cc1cc(C(F)(F)F)ccc1C(=O)C1COCCN1. The second-order valence-electron chi connectivity index (χ2n) is 4.47. The van der Waals surface area contributed by atoms with Crippen LogP contribution in [0.3, 0.4) is 0 Å². The van der Waals surface area contributed by atoms with Gasteiger partial charge in [-0.3, -0.25) is 4.79 Å². The summed E-state index contributed by atoms with van der Waals surface area (Å²) in [6.07, 6.45) is -4.39. The van der Waals surface area contributed by atoms with E-state index < -0.39 is 17.8 Å². The van der Waals surface area contributed by atoms with Crippen LogP contribution in [-0.2, 0) is 10.9 Å². The van der Waals surface area contributed by atoms with E-state index in [1.165, 1.54) is 13.0 Å². The third kappa shape index (κ3) is 3.13. The van der Waals surface area contributed by atoms with Crippen LogP contribution in [-0.4, -0.2) is 31.6 Å². The van der Waals surface area contributed by atoms with E-state index in [2.05, 4.69) is 5.32 Å². The maximum atomic E-state index is 12.5. The molecule has 104 valence electrons. The van der Waals surface area contributed by atoms with Crippen molar-refractivity contribution in [2.75, 3.05) is 19.8 Å². The highest BCUT2D eigenvalue weighted by molar-refractivity contribution is 6.01. The summed E-state index contributed by atoms with van der Waals surface area (Å²) in [5.74, 6) is -0.231. The monoisotopic (exact) mass is 273 g/mol. The first-order chi connectivity index (χ1) is 8.89. The number of ether oxygens (including phenoxy) is 1. The first-order valence-corrected chi connectivity index (χ1v) is 5.93. The van der Waals surface area contributed by atoms with Crippen LogP contribution in [0, 0.1) is 6.92 Å². The van der Waals surface area contributed by atoms with E-state index in [1.54, 1.807) is 0 Å². The van der Waals surface area contributed by atoms with Crippen molar-refractivity contribution >= 4 is 5.78 Å². The molecule has 1 aromatic rings. The van der Waals surface area contributed by atoms with E-state index in [-0.39, 0.29) is 12.4 Å². The zero-order valence-electron chi connectivity index (χ0n) is 10.4. The highest BCUT2D eigenvalue weighted by Crippen LogP contribution is 2.30. The van der Waals surface area contributed by atoms with E-state index in [0.717, 1.165) is 12.1 Å². The lowest BCUT2D eigenvalue weighted by Crippen LogP contribution is -2.46. The van der Waals surface area contributed by atoms with Crippen molar-refractivity contribution in [3.8, 4) is 0 Å². The molecule has 1 saturated heterocycles. The van der Waals surface area contributed by atoms with E-state index >= 15 is 0 Å². The van der Waals surface area contributed by atoms with Crippen LogP contribution < -0.4 is 5.32 Å². The molecule has 0 bridgehead atoms. The highest BCUT2D eigenvalue weighted by atomic mass is 19.4. The Morgan fingerprint density at radius 2 is 2.16 bits per heavy atom. The Balaban J connectivity index is 2.23. The number of hydrogen-bond acceptors (Lipinski definition) is 3. The molecule has 1 N–H and O–H groups in total. The minimum absolute atomic E-state index is 0.231. The Hall–Kier alpha value is -1.40. The van der Waals surface area contributed by atoms with Crippen molar-refractivity contribution in [1.82, 2.24) is 5.32 Å². The molecular formula is C13H14F3NO2. The normalized spacial score (nSPS) is 20.3. The molecule has 1 heterocycles. The number of halogens is 3. The third-order valence-corrected chi connectivity index (χ3v) is 3.06. The maximum Gasteiger partial charge on any atom is 0.416 e. The van der Waals surface area contributed by atoms with Crippen molar-refractivity contribution in [3.63, 3.8) is 0 Å². The molecule has 2 rings (SSSR count). The van der Waals surface area contributed by atoms with Crippen molar-refractivity contribution in [2.24, 2.45) is 0 Å². The first-order valence-electron chi connectivity index (χ1n) is 5.93. The largest absolute Gasteiger partial charge is 0.416 e. The third-order valence-electron chi connectivity index (χ3n) is 3.06. The molecule has 1 fully saturated rings. The minimum Gasteiger partial charge on any atom is -0.378 e. The zero-order valence-corrected chi connectivity index (χ0v) is 10.4. The Morgan fingerprint density at radius 3 is 2.68 bits per heavy atom. The summed E-state index contributed by atoms with van der Waals surface area (Å²) in [6.45, 7) is 2.86. The summed E-state index contributed by atoms with van der Waals surface area (Å²) >= 11 is 0. The van der Waals surface area contributed by atoms with Gasteiger partial charge >= 0.3 is 6.18 Å². The lowest BCUT2D eigenvalue weighted by Gasteiger charge is -2.23. The number of alkyl halides is 3. The summed E-state index contributed by atoms with van der Waals surface area (Å²) in [5.41, 5.74) is -0.113. The van der Waals surface area contributed by atoms with Crippen molar-refractivity contribution in [2.45, 2.75) is 19.1 Å². The number of benzene rings is 1. The van der Waals surface area contributed by atoms with Gasteiger partial charge in [-0.1, -0.05) is 6.07 Å². The average Bonchev–Trinajstić information content (AvgIpc) is 2.38. The van der Waals surface area contributed by atoms with Gasteiger partial charge in [0, 0.05) is 12.1 Å². The molecule has 19 heavy (non-hydrogen) atoms. The topological polar surface area (TPSA) is 38.3 Å². The van der Waals surface area contributed by atoms with Crippen molar-refractivity contribution < 1.29 is 22.7 Å². The summed E-state index contributed by atoms with van der Waals surface area (Å²) < 4.78 is 42.8. The fourth-order valence-corrected chi connectivity index (χ4v) is 2.04. The Morgan fingerprint density at radius 1 is 1.42 bits per heavy atom. The Labute approximate surface area is 108 Å². The van der Waals surface area contributed by atoms with Crippen molar-refractivity contribution in [1.29, 1.82) is 0 Å². The Bertz CT molecular complexity index is 479. The van der Waals surface area contributed by atoms with E-state index in [0.29, 0.717) is 24.3 Å². The van der Waals surface area contributed by atoms with Gasteiger partial charge in [0.15, 0.2) is 5.78 Å². The molecule has 0 amide bonds. The molecule has 1 aromatic carbocycles. The molecule has 1 atom stereocenters. The number of aryl methyl sites for hydroxylation is 1. The van der Waals surface area contributed by atoms with Crippen LogP contribution >= 0.6 is 0 Å². The van der Waals surface area contributed by atoms with Crippen LogP contribution in [0.2, 0.25) is 0 Å². The van der Waals surface area contributed by atoms with Gasteiger partial charge in [0.1, 0.15) is 0 Å². The molecule has 6 heteroatoms. The second kappa shape index (κ2) is 5.30. The molecule has 3 nitrogen and oxygen atoms in total. The average molecular weight is 273 g/mol. The number of Topliss-reactive ketones (excluding diaryl/α,β-unsaturated/α-hetero) is 1.